The highest BCUT2D eigenvalue weighted by Crippen LogP contribution is 2.26. The normalized spacial score (nSPS) is 35.3. The fourth-order valence-corrected chi connectivity index (χ4v) is 1.10. The number of hydrogen-bond donors (Lipinski definition) is 0. The van der Waals surface area contributed by atoms with Crippen LogP contribution in [0.15, 0.2) is 47.9 Å². The van der Waals surface area contributed by atoms with Gasteiger partial charge in [0.1, 0.15) is 5.83 Å². The summed E-state index contributed by atoms with van der Waals surface area (Å²) >= 11 is 0. The minimum atomic E-state index is -1.05. The number of rotatable bonds is 0. The summed E-state index contributed by atoms with van der Waals surface area (Å²) in [5, 5.41) is 0. The van der Waals surface area contributed by atoms with Crippen LogP contribution in [-0.4, -0.2) is 0 Å². The van der Waals surface area contributed by atoms with Crippen LogP contribution in [0.1, 0.15) is 13.3 Å². The molecule has 0 N–H and O–H groups in total. The van der Waals surface area contributed by atoms with E-state index in [1.807, 2.05) is 0 Å². The van der Waals surface area contributed by atoms with Crippen LogP contribution in [-0.2, 0) is 0 Å². The molecule has 0 aliphatic heterocycles. The average molecular weight is 200 g/mol. The lowest BCUT2D eigenvalue weighted by molar-refractivity contribution is 0.537. The van der Waals surface area contributed by atoms with Crippen LogP contribution in [0.3, 0.4) is 0 Å². The molecule has 3 heteroatoms. The minimum absolute atomic E-state index is 0.0225. The van der Waals surface area contributed by atoms with Crippen molar-refractivity contribution in [1.29, 1.82) is 0 Å². The molecule has 0 spiro atoms. The van der Waals surface area contributed by atoms with Crippen LogP contribution in [0.4, 0.5) is 13.2 Å². The highest BCUT2D eigenvalue weighted by molar-refractivity contribution is 5.30. The van der Waals surface area contributed by atoms with E-state index in [0.717, 1.165) is 18.2 Å². The lowest BCUT2D eigenvalue weighted by atomic mass is 9.99. The van der Waals surface area contributed by atoms with Crippen molar-refractivity contribution in [2.45, 2.75) is 13.3 Å². The van der Waals surface area contributed by atoms with Crippen molar-refractivity contribution in [3.63, 3.8) is 0 Å². The van der Waals surface area contributed by atoms with Gasteiger partial charge in [0.25, 0.3) is 0 Å². The molecular formula is C11H11F3. The molecule has 0 heterocycles. The van der Waals surface area contributed by atoms with E-state index in [9.17, 15) is 13.2 Å². The summed E-state index contributed by atoms with van der Waals surface area (Å²) in [5.74, 6) is -2.90. The molecule has 0 aromatic heterocycles. The molecule has 0 aromatic rings. The Morgan fingerprint density at radius 3 is 2.50 bits per heavy atom. The van der Waals surface area contributed by atoms with Gasteiger partial charge in [0.15, 0.2) is 11.7 Å². The Labute approximate surface area is 81.1 Å². The predicted octanol–water partition coefficient (Wildman–Crippen LogP) is 4.14. The maximum absolute atomic E-state index is 13.0. The maximum atomic E-state index is 13.0. The van der Waals surface area contributed by atoms with E-state index in [4.69, 9.17) is 0 Å². The summed E-state index contributed by atoms with van der Waals surface area (Å²) in [6.07, 6.45) is 2.83. The van der Waals surface area contributed by atoms with Gasteiger partial charge in [-0.1, -0.05) is 19.1 Å². The molecule has 1 aliphatic rings. The molecule has 0 radical (unpaired) electrons. The quantitative estimate of drug-likeness (QED) is 0.515. The zero-order valence-electron chi connectivity index (χ0n) is 7.86. The van der Waals surface area contributed by atoms with Gasteiger partial charge >= 0.3 is 0 Å². The molecule has 76 valence electrons. The molecule has 0 saturated carbocycles. The highest BCUT2D eigenvalue weighted by atomic mass is 19.2. The fourth-order valence-electron chi connectivity index (χ4n) is 1.10. The van der Waals surface area contributed by atoms with E-state index >= 15 is 0 Å². The van der Waals surface area contributed by atoms with Crippen molar-refractivity contribution < 1.29 is 13.2 Å². The van der Waals surface area contributed by atoms with Crippen molar-refractivity contribution in [3.05, 3.63) is 47.9 Å². The summed E-state index contributed by atoms with van der Waals surface area (Å²) in [6.45, 7) is 5.26. The molecule has 0 amide bonds. The van der Waals surface area contributed by atoms with Crippen LogP contribution in [0.5, 0.6) is 0 Å². The molecule has 0 fully saturated rings. The third-order valence-corrected chi connectivity index (χ3v) is 2.07. The van der Waals surface area contributed by atoms with E-state index < -0.39 is 17.5 Å². The van der Waals surface area contributed by atoms with Crippen molar-refractivity contribution in [1.82, 2.24) is 0 Å². The Kier molecular flexibility index (Phi) is 3.33. The first-order chi connectivity index (χ1) is 6.50. The number of hydrogen-bond acceptors (Lipinski definition) is 0. The Hall–Kier alpha value is -1.25. The second kappa shape index (κ2) is 4.31. The smallest absolute Gasteiger partial charge is 0.158 e. The van der Waals surface area contributed by atoms with Crippen molar-refractivity contribution in [2.75, 3.05) is 0 Å². The molecule has 1 rings (SSSR count). The van der Waals surface area contributed by atoms with Gasteiger partial charge in [-0.2, -0.15) is 0 Å². The van der Waals surface area contributed by atoms with E-state index in [0.29, 0.717) is 5.57 Å². The Bertz CT molecular complexity index is 334. The topological polar surface area (TPSA) is 0 Å². The van der Waals surface area contributed by atoms with Crippen LogP contribution >= 0.6 is 0 Å². The maximum Gasteiger partial charge on any atom is 0.158 e. The standard InChI is InChI=1S/C11H11F3/c1-7-5-9(12)3-4-10(13)11(14)6-8(7)2/h3-4,6,8H,1,5H2,2H3/b9-3-,10-4+,11-6-. The minimum Gasteiger partial charge on any atom is -0.211 e. The van der Waals surface area contributed by atoms with Gasteiger partial charge in [0.05, 0.1) is 0 Å². The largest absolute Gasteiger partial charge is 0.211 e. The summed E-state index contributed by atoms with van der Waals surface area (Å²) in [5.41, 5.74) is 0.525. The van der Waals surface area contributed by atoms with Crippen LogP contribution in [0.2, 0.25) is 0 Å². The summed E-state index contributed by atoms with van der Waals surface area (Å²) in [7, 11) is 0. The molecule has 0 saturated heterocycles. The molecule has 0 nitrogen and oxygen atoms in total. The number of halogens is 3. The van der Waals surface area contributed by atoms with Gasteiger partial charge in [-0.25, -0.2) is 13.2 Å². The van der Waals surface area contributed by atoms with E-state index in [1.165, 1.54) is 0 Å². The Morgan fingerprint density at radius 1 is 1.21 bits per heavy atom. The summed E-state index contributed by atoms with van der Waals surface area (Å²) in [4.78, 5) is 0. The lowest BCUT2D eigenvalue weighted by Crippen LogP contribution is -1.95. The zero-order valence-corrected chi connectivity index (χ0v) is 7.86. The third kappa shape index (κ3) is 2.62. The average Bonchev–Trinajstić information content (AvgIpc) is 2.15. The van der Waals surface area contributed by atoms with Gasteiger partial charge in [-0.05, 0) is 24.1 Å². The van der Waals surface area contributed by atoms with Gasteiger partial charge < -0.3 is 0 Å². The first kappa shape index (κ1) is 10.8. The Balaban J connectivity index is 3.08. The van der Waals surface area contributed by atoms with Crippen molar-refractivity contribution in [3.8, 4) is 0 Å². The van der Waals surface area contributed by atoms with Crippen LogP contribution < -0.4 is 0 Å². The monoisotopic (exact) mass is 200 g/mol. The second-order valence-electron chi connectivity index (χ2n) is 3.27. The van der Waals surface area contributed by atoms with Crippen molar-refractivity contribution >= 4 is 0 Å². The zero-order chi connectivity index (χ0) is 10.7. The third-order valence-electron chi connectivity index (χ3n) is 2.07. The molecule has 1 atom stereocenters. The lowest BCUT2D eigenvalue weighted by Gasteiger charge is -2.08. The van der Waals surface area contributed by atoms with Crippen molar-refractivity contribution in [2.24, 2.45) is 5.92 Å². The second-order valence-corrected chi connectivity index (χ2v) is 3.27. The molecule has 0 bridgehead atoms. The molecular weight excluding hydrogens is 189 g/mol. The van der Waals surface area contributed by atoms with Gasteiger partial charge in [0, 0.05) is 6.42 Å². The Morgan fingerprint density at radius 2 is 1.86 bits per heavy atom. The van der Waals surface area contributed by atoms with E-state index in [2.05, 4.69) is 6.58 Å². The fraction of sp³-hybridized carbons (Fsp3) is 0.273. The first-order valence-electron chi connectivity index (χ1n) is 4.28. The molecule has 0 aromatic carbocycles. The SMILES string of the molecule is C=C1C/C(F)=C/C=C(F)\C(F)=C\C1C. The molecule has 1 unspecified atom stereocenters. The van der Waals surface area contributed by atoms with Crippen LogP contribution in [0, 0.1) is 5.92 Å². The number of allylic oxidation sites excluding steroid dienone is 7. The van der Waals surface area contributed by atoms with Gasteiger partial charge in [-0.15, -0.1) is 0 Å². The molecule has 1 aliphatic carbocycles. The van der Waals surface area contributed by atoms with Crippen LogP contribution in [0.25, 0.3) is 0 Å². The van der Waals surface area contributed by atoms with E-state index in [1.54, 1.807) is 6.92 Å². The summed E-state index contributed by atoms with van der Waals surface area (Å²) < 4.78 is 38.8. The highest BCUT2D eigenvalue weighted by Gasteiger charge is 2.12. The van der Waals surface area contributed by atoms with Gasteiger partial charge in [0.2, 0.25) is 0 Å². The van der Waals surface area contributed by atoms with Gasteiger partial charge in [-0.3, -0.25) is 0 Å². The first-order valence-corrected chi connectivity index (χ1v) is 4.28. The van der Waals surface area contributed by atoms with E-state index in [-0.39, 0.29) is 12.3 Å². The molecule has 14 heavy (non-hydrogen) atoms. The summed E-state index contributed by atoms with van der Waals surface area (Å²) in [6, 6.07) is 0. The predicted molar refractivity (Wildman–Crippen MR) is 50.5 cm³/mol.